The van der Waals surface area contributed by atoms with Gasteiger partial charge in [-0.2, -0.15) is 0 Å². The number of halogens is 1. The van der Waals surface area contributed by atoms with E-state index in [1.807, 2.05) is 24.3 Å². The minimum Gasteiger partial charge on any atom is -0.489 e. The van der Waals surface area contributed by atoms with Crippen LogP contribution in [0.3, 0.4) is 0 Å². The van der Waals surface area contributed by atoms with Gasteiger partial charge in [-0.1, -0.05) is 40.2 Å². The molecule has 5 nitrogen and oxygen atoms in total. The van der Waals surface area contributed by atoms with Gasteiger partial charge in [0.25, 0.3) is 0 Å². The van der Waals surface area contributed by atoms with E-state index in [0.717, 1.165) is 10.0 Å². The van der Waals surface area contributed by atoms with Gasteiger partial charge < -0.3 is 15.2 Å². The molecule has 2 aromatic rings. The van der Waals surface area contributed by atoms with Gasteiger partial charge >= 0.3 is 5.97 Å². The summed E-state index contributed by atoms with van der Waals surface area (Å²) in [7, 11) is 0. The lowest BCUT2D eigenvalue weighted by atomic mass is 10.2. The molecule has 0 aliphatic heterocycles. The zero-order valence-corrected chi connectivity index (χ0v) is 14.5. The van der Waals surface area contributed by atoms with Gasteiger partial charge in [0, 0.05) is 11.4 Å². The van der Waals surface area contributed by atoms with Crippen molar-refractivity contribution in [2.75, 3.05) is 0 Å². The average Bonchev–Trinajstić information content (AvgIpc) is 2.54. The van der Waals surface area contributed by atoms with Gasteiger partial charge in [0.2, 0.25) is 5.91 Å². The number of aliphatic carboxylic acids is 1. The van der Waals surface area contributed by atoms with Gasteiger partial charge in [0.05, 0.1) is 0 Å². The SMILES string of the molecule is CC(=O)N/C(=C/c1ccc(OCc2ccc(Br)cc2)cc1)C(=O)O. The Kier molecular flexibility index (Phi) is 6.14. The van der Waals surface area contributed by atoms with Crippen LogP contribution in [0.25, 0.3) is 6.08 Å². The number of carboxylic acid groups (broad SMARTS) is 1. The fourth-order valence-corrected chi connectivity index (χ4v) is 2.18. The van der Waals surface area contributed by atoms with Crippen molar-refractivity contribution in [3.8, 4) is 5.75 Å². The van der Waals surface area contributed by atoms with Gasteiger partial charge in [-0.15, -0.1) is 0 Å². The molecule has 0 aromatic heterocycles. The Labute approximate surface area is 148 Å². The van der Waals surface area contributed by atoms with Crippen molar-refractivity contribution in [1.29, 1.82) is 0 Å². The van der Waals surface area contributed by atoms with Crippen LogP contribution in [0.5, 0.6) is 5.75 Å². The maximum atomic E-state index is 11.1. The number of ether oxygens (including phenoxy) is 1. The highest BCUT2D eigenvalue weighted by Crippen LogP contribution is 2.17. The number of hydrogen-bond acceptors (Lipinski definition) is 3. The summed E-state index contributed by atoms with van der Waals surface area (Å²) >= 11 is 3.38. The number of hydrogen-bond donors (Lipinski definition) is 2. The van der Waals surface area contributed by atoms with Crippen LogP contribution >= 0.6 is 15.9 Å². The highest BCUT2D eigenvalue weighted by molar-refractivity contribution is 9.10. The monoisotopic (exact) mass is 389 g/mol. The molecule has 0 aliphatic rings. The Morgan fingerprint density at radius 3 is 2.29 bits per heavy atom. The summed E-state index contributed by atoms with van der Waals surface area (Å²) in [6, 6.07) is 14.8. The third-order valence-corrected chi connectivity index (χ3v) is 3.58. The summed E-state index contributed by atoms with van der Waals surface area (Å²) in [5.41, 5.74) is 1.52. The topological polar surface area (TPSA) is 75.6 Å². The molecule has 6 heteroatoms. The Hall–Kier alpha value is -2.60. The van der Waals surface area contributed by atoms with E-state index in [9.17, 15) is 9.59 Å². The van der Waals surface area contributed by atoms with Crippen LogP contribution in [-0.4, -0.2) is 17.0 Å². The van der Waals surface area contributed by atoms with Crippen LogP contribution in [0.1, 0.15) is 18.1 Å². The van der Waals surface area contributed by atoms with E-state index in [4.69, 9.17) is 9.84 Å². The lowest BCUT2D eigenvalue weighted by Gasteiger charge is -2.07. The molecule has 0 saturated heterocycles. The number of carbonyl (C=O) groups is 2. The predicted octanol–water partition coefficient (Wildman–Crippen LogP) is 3.59. The van der Waals surface area contributed by atoms with Crippen molar-refractivity contribution in [3.63, 3.8) is 0 Å². The summed E-state index contributed by atoms with van der Waals surface area (Å²) in [6.45, 7) is 1.70. The number of amides is 1. The fourth-order valence-electron chi connectivity index (χ4n) is 1.92. The Balaban J connectivity index is 2.02. The van der Waals surface area contributed by atoms with Gasteiger partial charge in [-0.05, 0) is 41.5 Å². The molecule has 0 heterocycles. The van der Waals surface area contributed by atoms with Crippen LogP contribution in [0.2, 0.25) is 0 Å². The summed E-state index contributed by atoms with van der Waals surface area (Å²) in [5, 5.41) is 11.3. The van der Waals surface area contributed by atoms with E-state index in [-0.39, 0.29) is 5.70 Å². The summed E-state index contributed by atoms with van der Waals surface area (Å²) in [6.07, 6.45) is 1.39. The van der Waals surface area contributed by atoms with Crippen molar-refractivity contribution in [3.05, 3.63) is 69.8 Å². The summed E-state index contributed by atoms with van der Waals surface area (Å²) in [5.74, 6) is -0.953. The number of nitrogens with one attached hydrogen (secondary N) is 1. The molecule has 0 unspecified atom stereocenters. The molecule has 1 amide bonds. The molecular formula is C18H16BrNO4. The fraction of sp³-hybridized carbons (Fsp3) is 0.111. The number of rotatable bonds is 6. The van der Waals surface area contributed by atoms with Crippen molar-refractivity contribution in [1.82, 2.24) is 5.32 Å². The van der Waals surface area contributed by atoms with Crippen molar-refractivity contribution in [2.24, 2.45) is 0 Å². The molecule has 2 aromatic carbocycles. The highest BCUT2D eigenvalue weighted by Gasteiger charge is 2.08. The Morgan fingerprint density at radius 1 is 1.12 bits per heavy atom. The second kappa shape index (κ2) is 8.31. The maximum Gasteiger partial charge on any atom is 0.352 e. The molecule has 0 fully saturated rings. The molecule has 2 N–H and O–H groups in total. The first-order chi connectivity index (χ1) is 11.4. The van der Waals surface area contributed by atoms with E-state index in [1.54, 1.807) is 24.3 Å². The number of benzene rings is 2. The van der Waals surface area contributed by atoms with E-state index in [2.05, 4.69) is 21.2 Å². The Morgan fingerprint density at radius 2 is 1.75 bits per heavy atom. The van der Waals surface area contributed by atoms with Gasteiger partial charge in [-0.25, -0.2) is 4.79 Å². The van der Waals surface area contributed by atoms with Crippen molar-refractivity contribution >= 4 is 33.9 Å². The molecule has 0 radical (unpaired) electrons. The molecule has 0 bridgehead atoms. The van der Waals surface area contributed by atoms with Crippen LogP contribution in [0.4, 0.5) is 0 Å². The quantitative estimate of drug-likeness (QED) is 0.740. The number of carboxylic acids is 1. The molecule has 0 saturated carbocycles. The molecule has 0 spiro atoms. The Bertz CT molecular complexity index is 752. The highest BCUT2D eigenvalue weighted by atomic mass is 79.9. The first-order valence-corrected chi connectivity index (χ1v) is 7.93. The van der Waals surface area contributed by atoms with Crippen LogP contribution in [-0.2, 0) is 16.2 Å². The van der Waals surface area contributed by atoms with Crippen LogP contribution in [0.15, 0.2) is 58.7 Å². The zero-order valence-electron chi connectivity index (χ0n) is 13.0. The predicted molar refractivity (Wildman–Crippen MR) is 94.3 cm³/mol. The number of carbonyl (C=O) groups excluding carboxylic acids is 1. The van der Waals surface area contributed by atoms with E-state index in [1.165, 1.54) is 13.0 Å². The standard InChI is InChI=1S/C18H16BrNO4/c1-12(21)20-17(18(22)23)10-13-4-8-16(9-5-13)24-11-14-2-6-15(19)7-3-14/h2-10H,11H2,1H3,(H,20,21)(H,22,23)/b17-10+. The lowest BCUT2D eigenvalue weighted by Crippen LogP contribution is -2.24. The molecular weight excluding hydrogens is 374 g/mol. The van der Waals surface area contributed by atoms with Crippen LogP contribution < -0.4 is 10.1 Å². The minimum atomic E-state index is -1.19. The van der Waals surface area contributed by atoms with Crippen LogP contribution in [0, 0.1) is 0 Å². The third kappa shape index (κ3) is 5.55. The van der Waals surface area contributed by atoms with Crippen molar-refractivity contribution in [2.45, 2.75) is 13.5 Å². The van der Waals surface area contributed by atoms with Gasteiger partial charge in [0.1, 0.15) is 18.1 Å². The molecule has 0 aliphatic carbocycles. The molecule has 2 rings (SSSR count). The zero-order chi connectivity index (χ0) is 17.5. The summed E-state index contributed by atoms with van der Waals surface area (Å²) < 4.78 is 6.69. The molecule has 124 valence electrons. The second-order valence-corrected chi connectivity index (χ2v) is 5.94. The molecule has 0 atom stereocenters. The smallest absolute Gasteiger partial charge is 0.352 e. The van der Waals surface area contributed by atoms with E-state index >= 15 is 0 Å². The van der Waals surface area contributed by atoms with Gasteiger partial charge in [0.15, 0.2) is 0 Å². The maximum absolute atomic E-state index is 11.1. The lowest BCUT2D eigenvalue weighted by molar-refractivity contribution is -0.134. The third-order valence-electron chi connectivity index (χ3n) is 3.05. The largest absolute Gasteiger partial charge is 0.489 e. The second-order valence-electron chi connectivity index (χ2n) is 5.03. The van der Waals surface area contributed by atoms with Crippen molar-refractivity contribution < 1.29 is 19.4 Å². The first kappa shape index (κ1) is 17.7. The summed E-state index contributed by atoms with van der Waals surface area (Å²) in [4.78, 5) is 22.1. The molecule has 24 heavy (non-hydrogen) atoms. The average molecular weight is 390 g/mol. The van der Waals surface area contributed by atoms with Gasteiger partial charge in [-0.3, -0.25) is 4.79 Å². The first-order valence-electron chi connectivity index (χ1n) is 7.14. The minimum absolute atomic E-state index is 0.175. The normalized spacial score (nSPS) is 11.0. The van der Waals surface area contributed by atoms with E-state index < -0.39 is 11.9 Å². The van der Waals surface area contributed by atoms with E-state index in [0.29, 0.717) is 17.9 Å².